The van der Waals surface area contributed by atoms with Gasteiger partial charge in [-0.3, -0.25) is 4.79 Å². The van der Waals surface area contributed by atoms with Crippen molar-refractivity contribution < 1.29 is 14.3 Å². The summed E-state index contributed by atoms with van der Waals surface area (Å²) in [6.45, 7) is 2.49. The first-order valence-corrected chi connectivity index (χ1v) is 8.44. The Labute approximate surface area is 151 Å². The van der Waals surface area contributed by atoms with Crippen molar-refractivity contribution in [2.45, 2.75) is 26.5 Å². The molecule has 1 aromatic heterocycles. The van der Waals surface area contributed by atoms with Crippen LogP contribution in [0.2, 0.25) is 0 Å². The van der Waals surface area contributed by atoms with Crippen LogP contribution in [0, 0.1) is 0 Å². The molecule has 0 N–H and O–H groups in total. The van der Waals surface area contributed by atoms with Gasteiger partial charge in [0.1, 0.15) is 12.4 Å². The van der Waals surface area contributed by atoms with Crippen LogP contribution in [-0.4, -0.2) is 22.9 Å². The quantitative estimate of drug-likeness (QED) is 0.637. The molecule has 0 radical (unpaired) electrons. The fourth-order valence-electron chi connectivity index (χ4n) is 2.73. The van der Waals surface area contributed by atoms with Crippen molar-refractivity contribution in [1.29, 1.82) is 0 Å². The van der Waals surface area contributed by atoms with Crippen molar-refractivity contribution in [3.05, 3.63) is 70.1 Å². The SMILES string of the molecule is CCCn1nc(C(=O)OCc2cccc(OC)c2)c2ccccc2c1=O. The summed E-state index contributed by atoms with van der Waals surface area (Å²) in [6, 6.07) is 14.2. The number of carbonyl (C=O) groups excluding carboxylic acids is 1. The lowest BCUT2D eigenvalue weighted by molar-refractivity contribution is 0.0465. The Morgan fingerprint density at radius 3 is 2.62 bits per heavy atom. The summed E-state index contributed by atoms with van der Waals surface area (Å²) in [4.78, 5) is 25.1. The second kappa shape index (κ2) is 7.82. The van der Waals surface area contributed by atoms with Crippen LogP contribution >= 0.6 is 0 Å². The molecule has 0 unspecified atom stereocenters. The third-order valence-corrected chi connectivity index (χ3v) is 4.00. The van der Waals surface area contributed by atoms with Crippen molar-refractivity contribution in [3.8, 4) is 5.75 Å². The molecular weight excluding hydrogens is 332 g/mol. The predicted octanol–water partition coefficient (Wildman–Crippen LogP) is 3.17. The van der Waals surface area contributed by atoms with Gasteiger partial charge >= 0.3 is 5.97 Å². The number of esters is 1. The van der Waals surface area contributed by atoms with Gasteiger partial charge in [-0.15, -0.1) is 0 Å². The summed E-state index contributed by atoms with van der Waals surface area (Å²) in [7, 11) is 1.58. The third kappa shape index (κ3) is 3.59. The molecule has 0 saturated carbocycles. The number of aryl methyl sites for hydroxylation is 1. The Kier molecular flexibility index (Phi) is 5.31. The Morgan fingerprint density at radius 2 is 1.88 bits per heavy atom. The summed E-state index contributed by atoms with van der Waals surface area (Å²) in [5, 5.41) is 5.20. The summed E-state index contributed by atoms with van der Waals surface area (Å²) in [5.41, 5.74) is 0.757. The summed E-state index contributed by atoms with van der Waals surface area (Å²) in [5.74, 6) is 0.132. The van der Waals surface area contributed by atoms with Gasteiger partial charge in [0, 0.05) is 11.9 Å². The number of benzene rings is 2. The molecule has 0 aliphatic rings. The molecule has 0 bridgehead atoms. The zero-order valence-electron chi connectivity index (χ0n) is 14.8. The predicted molar refractivity (Wildman–Crippen MR) is 98.4 cm³/mol. The number of hydrogen-bond donors (Lipinski definition) is 0. The van der Waals surface area contributed by atoms with E-state index in [0.717, 1.165) is 12.0 Å². The zero-order valence-corrected chi connectivity index (χ0v) is 14.8. The number of carbonyl (C=O) groups is 1. The van der Waals surface area contributed by atoms with Gasteiger partial charge in [0.15, 0.2) is 5.69 Å². The molecule has 3 aromatic rings. The molecule has 0 amide bonds. The highest BCUT2D eigenvalue weighted by atomic mass is 16.5. The van der Waals surface area contributed by atoms with E-state index in [1.54, 1.807) is 37.4 Å². The fourth-order valence-corrected chi connectivity index (χ4v) is 2.73. The van der Waals surface area contributed by atoms with Crippen LogP contribution in [0.3, 0.4) is 0 Å². The topological polar surface area (TPSA) is 70.4 Å². The van der Waals surface area contributed by atoms with E-state index < -0.39 is 5.97 Å². The number of aromatic nitrogens is 2. The lowest BCUT2D eigenvalue weighted by Crippen LogP contribution is -2.26. The van der Waals surface area contributed by atoms with Crippen molar-refractivity contribution >= 4 is 16.7 Å². The molecule has 6 heteroatoms. The average molecular weight is 352 g/mol. The van der Waals surface area contributed by atoms with Crippen molar-refractivity contribution in [3.63, 3.8) is 0 Å². The molecule has 134 valence electrons. The normalized spacial score (nSPS) is 10.7. The maximum absolute atomic E-state index is 12.6. The standard InChI is InChI=1S/C20H20N2O4/c1-3-11-22-19(23)17-10-5-4-9-16(17)18(21-22)20(24)26-13-14-7-6-8-15(12-14)25-2/h4-10,12H,3,11,13H2,1-2H3. The van der Waals surface area contributed by atoms with Crippen LogP contribution in [0.1, 0.15) is 29.4 Å². The number of ether oxygens (including phenoxy) is 2. The van der Waals surface area contributed by atoms with Crippen molar-refractivity contribution in [2.75, 3.05) is 7.11 Å². The highest BCUT2D eigenvalue weighted by Crippen LogP contribution is 2.17. The van der Waals surface area contributed by atoms with E-state index in [1.807, 2.05) is 25.1 Å². The van der Waals surface area contributed by atoms with Crippen LogP contribution in [-0.2, 0) is 17.9 Å². The van der Waals surface area contributed by atoms with Gasteiger partial charge in [0.25, 0.3) is 5.56 Å². The maximum atomic E-state index is 12.6. The minimum Gasteiger partial charge on any atom is -0.497 e. The highest BCUT2D eigenvalue weighted by Gasteiger charge is 2.18. The van der Waals surface area contributed by atoms with E-state index >= 15 is 0 Å². The van der Waals surface area contributed by atoms with Gasteiger partial charge in [-0.05, 0) is 30.2 Å². The molecule has 0 fully saturated rings. The lowest BCUT2D eigenvalue weighted by atomic mass is 10.1. The fraction of sp³-hybridized carbons (Fsp3) is 0.250. The van der Waals surface area contributed by atoms with Crippen molar-refractivity contribution in [1.82, 2.24) is 9.78 Å². The van der Waals surface area contributed by atoms with Crippen LogP contribution in [0.25, 0.3) is 10.8 Å². The summed E-state index contributed by atoms with van der Waals surface area (Å²) in [6.07, 6.45) is 0.740. The smallest absolute Gasteiger partial charge is 0.359 e. The first-order chi connectivity index (χ1) is 12.6. The second-order valence-electron chi connectivity index (χ2n) is 5.85. The highest BCUT2D eigenvalue weighted by molar-refractivity contribution is 6.02. The summed E-state index contributed by atoms with van der Waals surface area (Å²) >= 11 is 0. The van der Waals surface area contributed by atoms with E-state index in [9.17, 15) is 9.59 Å². The molecule has 3 rings (SSSR count). The first kappa shape index (κ1) is 17.7. The van der Waals surface area contributed by atoms with Gasteiger partial charge in [-0.1, -0.05) is 37.3 Å². The van der Waals surface area contributed by atoms with Gasteiger partial charge in [0.2, 0.25) is 0 Å². The van der Waals surface area contributed by atoms with Gasteiger partial charge in [0.05, 0.1) is 12.5 Å². The molecule has 0 saturated heterocycles. The first-order valence-electron chi connectivity index (χ1n) is 8.44. The lowest BCUT2D eigenvalue weighted by Gasteiger charge is -2.10. The molecule has 2 aromatic carbocycles. The molecule has 1 heterocycles. The average Bonchev–Trinajstić information content (AvgIpc) is 2.68. The van der Waals surface area contributed by atoms with Crippen LogP contribution in [0.4, 0.5) is 0 Å². The number of hydrogen-bond acceptors (Lipinski definition) is 5. The molecule has 0 aliphatic carbocycles. The Morgan fingerprint density at radius 1 is 1.12 bits per heavy atom. The Balaban J connectivity index is 1.92. The van der Waals surface area contributed by atoms with E-state index in [1.165, 1.54) is 4.68 Å². The number of fused-ring (bicyclic) bond motifs is 1. The van der Waals surface area contributed by atoms with Crippen LogP contribution in [0.5, 0.6) is 5.75 Å². The van der Waals surface area contributed by atoms with E-state index in [0.29, 0.717) is 23.1 Å². The zero-order chi connectivity index (χ0) is 18.5. The minimum absolute atomic E-state index is 0.0962. The third-order valence-electron chi connectivity index (χ3n) is 4.00. The monoisotopic (exact) mass is 352 g/mol. The Bertz CT molecular complexity index is 995. The maximum Gasteiger partial charge on any atom is 0.359 e. The van der Waals surface area contributed by atoms with E-state index in [-0.39, 0.29) is 17.9 Å². The molecule has 0 spiro atoms. The van der Waals surface area contributed by atoms with Gasteiger partial charge in [-0.2, -0.15) is 5.10 Å². The molecule has 26 heavy (non-hydrogen) atoms. The summed E-state index contributed by atoms with van der Waals surface area (Å²) < 4.78 is 11.9. The number of methoxy groups -OCH3 is 1. The molecule has 0 atom stereocenters. The van der Waals surface area contributed by atoms with Crippen LogP contribution in [0.15, 0.2) is 53.3 Å². The largest absolute Gasteiger partial charge is 0.497 e. The number of nitrogens with zero attached hydrogens (tertiary/aromatic N) is 2. The second-order valence-corrected chi connectivity index (χ2v) is 5.85. The minimum atomic E-state index is -0.561. The molecular formula is C20H20N2O4. The molecule has 0 aliphatic heterocycles. The Hall–Kier alpha value is -3.15. The van der Waals surface area contributed by atoms with Crippen LogP contribution < -0.4 is 10.3 Å². The molecule has 6 nitrogen and oxygen atoms in total. The number of rotatable bonds is 6. The van der Waals surface area contributed by atoms with E-state index in [4.69, 9.17) is 9.47 Å². The van der Waals surface area contributed by atoms with Gasteiger partial charge < -0.3 is 9.47 Å². The van der Waals surface area contributed by atoms with Crippen molar-refractivity contribution in [2.24, 2.45) is 0 Å². The van der Waals surface area contributed by atoms with Gasteiger partial charge in [-0.25, -0.2) is 9.48 Å². The van der Waals surface area contributed by atoms with E-state index in [2.05, 4.69) is 5.10 Å².